The number of nitrogens with one attached hydrogen (secondary N) is 1. The van der Waals surface area contributed by atoms with E-state index in [0.29, 0.717) is 18.0 Å². The fourth-order valence-corrected chi connectivity index (χ4v) is 6.22. The second-order valence-corrected chi connectivity index (χ2v) is 10.6. The summed E-state index contributed by atoms with van der Waals surface area (Å²) in [5.41, 5.74) is 6.53. The molecule has 5 aromatic rings. The van der Waals surface area contributed by atoms with Gasteiger partial charge in [-0.25, -0.2) is 14.5 Å². The SMILES string of the molecule is COc1ccc(CN2C3CC2CN(c2ccc(-c4cc(N5CCC5)cn5nc6[nH]ncc6c45)cn2)C3)cn1. The maximum atomic E-state index is 5.20. The number of H-pyrrole nitrogens is 1. The number of pyridine rings is 3. The van der Waals surface area contributed by atoms with Crippen LogP contribution in [0.2, 0.25) is 0 Å². The number of nitrogens with zero attached hydrogens (tertiary/aromatic N) is 8. The van der Waals surface area contributed by atoms with Gasteiger partial charge in [0, 0.05) is 74.4 Å². The zero-order valence-electron chi connectivity index (χ0n) is 21.3. The van der Waals surface area contributed by atoms with E-state index in [1.165, 1.54) is 24.1 Å². The van der Waals surface area contributed by atoms with Gasteiger partial charge in [-0.1, -0.05) is 6.07 Å². The summed E-state index contributed by atoms with van der Waals surface area (Å²) >= 11 is 0. The molecular weight excluding hydrogens is 478 g/mol. The van der Waals surface area contributed by atoms with Crippen LogP contribution in [0.25, 0.3) is 27.7 Å². The quantitative estimate of drug-likeness (QED) is 0.374. The normalized spacial score (nSPS) is 21.1. The van der Waals surface area contributed by atoms with Crippen LogP contribution in [-0.2, 0) is 6.54 Å². The lowest BCUT2D eigenvalue weighted by Gasteiger charge is -2.56. The maximum absolute atomic E-state index is 5.20. The number of anilines is 2. The average molecular weight is 508 g/mol. The minimum atomic E-state index is 0.548. The summed E-state index contributed by atoms with van der Waals surface area (Å²) in [6.45, 7) is 5.11. The van der Waals surface area contributed by atoms with Gasteiger partial charge in [0.15, 0.2) is 5.65 Å². The van der Waals surface area contributed by atoms with Crippen molar-refractivity contribution in [2.75, 3.05) is 43.1 Å². The molecule has 2 bridgehead atoms. The number of fused-ring (bicyclic) bond motifs is 5. The molecule has 192 valence electrons. The maximum Gasteiger partial charge on any atom is 0.212 e. The molecule has 0 aromatic carbocycles. The van der Waals surface area contributed by atoms with Crippen molar-refractivity contribution in [3.05, 3.63) is 60.7 Å². The third-order valence-corrected chi connectivity index (χ3v) is 8.43. The molecule has 0 aliphatic carbocycles. The number of piperidine rings is 1. The van der Waals surface area contributed by atoms with Crippen LogP contribution in [0.3, 0.4) is 0 Å². The number of hydrogen-bond donors (Lipinski definition) is 1. The molecule has 10 nitrogen and oxygen atoms in total. The average Bonchev–Trinajstić information content (AvgIpc) is 3.52. The molecule has 9 rings (SSSR count). The van der Waals surface area contributed by atoms with Gasteiger partial charge in [0.25, 0.3) is 0 Å². The van der Waals surface area contributed by atoms with Gasteiger partial charge in [0.1, 0.15) is 5.82 Å². The third kappa shape index (κ3) is 3.43. The van der Waals surface area contributed by atoms with E-state index in [0.717, 1.165) is 66.2 Å². The van der Waals surface area contributed by atoms with Crippen LogP contribution in [0.4, 0.5) is 11.5 Å². The van der Waals surface area contributed by atoms with Crippen LogP contribution in [0.1, 0.15) is 18.4 Å². The zero-order valence-corrected chi connectivity index (χ0v) is 21.3. The van der Waals surface area contributed by atoms with E-state index in [4.69, 9.17) is 14.8 Å². The Morgan fingerprint density at radius 3 is 2.61 bits per heavy atom. The summed E-state index contributed by atoms with van der Waals surface area (Å²) < 4.78 is 7.19. The molecular formula is C28H29N9O. The minimum absolute atomic E-state index is 0.548. The van der Waals surface area contributed by atoms with Crippen molar-refractivity contribution in [2.24, 2.45) is 0 Å². The van der Waals surface area contributed by atoms with Crippen molar-refractivity contribution in [3.8, 4) is 17.0 Å². The summed E-state index contributed by atoms with van der Waals surface area (Å²) in [5, 5.41) is 13.0. The van der Waals surface area contributed by atoms with Crippen molar-refractivity contribution in [2.45, 2.75) is 31.5 Å². The van der Waals surface area contributed by atoms with Gasteiger partial charge >= 0.3 is 0 Å². The second-order valence-electron chi connectivity index (χ2n) is 10.6. The van der Waals surface area contributed by atoms with Crippen molar-refractivity contribution >= 4 is 28.1 Å². The third-order valence-electron chi connectivity index (χ3n) is 8.43. The van der Waals surface area contributed by atoms with Gasteiger partial charge in [-0.3, -0.25) is 10.00 Å². The summed E-state index contributed by atoms with van der Waals surface area (Å²) in [7, 11) is 1.65. The molecule has 5 aromatic heterocycles. The minimum Gasteiger partial charge on any atom is -0.481 e. The Balaban J connectivity index is 1.04. The lowest BCUT2D eigenvalue weighted by molar-refractivity contribution is -0.00876. The van der Waals surface area contributed by atoms with E-state index in [-0.39, 0.29) is 0 Å². The largest absolute Gasteiger partial charge is 0.481 e. The predicted molar refractivity (Wildman–Crippen MR) is 146 cm³/mol. The van der Waals surface area contributed by atoms with Crippen LogP contribution in [0.15, 0.2) is 55.1 Å². The predicted octanol–water partition coefficient (Wildman–Crippen LogP) is 3.35. The molecule has 38 heavy (non-hydrogen) atoms. The van der Waals surface area contributed by atoms with Crippen molar-refractivity contribution in [3.63, 3.8) is 0 Å². The molecule has 2 unspecified atom stereocenters. The Hall–Kier alpha value is -4.18. The summed E-state index contributed by atoms with van der Waals surface area (Å²) in [6.07, 6.45) is 10.4. The highest BCUT2D eigenvalue weighted by Gasteiger charge is 2.44. The van der Waals surface area contributed by atoms with Crippen molar-refractivity contribution in [1.29, 1.82) is 0 Å². The van der Waals surface area contributed by atoms with E-state index >= 15 is 0 Å². The monoisotopic (exact) mass is 507 g/mol. The molecule has 9 heterocycles. The lowest BCUT2D eigenvalue weighted by Crippen LogP contribution is -2.68. The Morgan fingerprint density at radius 2 is 1.89 bits per heavy atom. The van der Waals surface area contributed by atoms with Gasteiger partial charge in [0.05, 0.1) is 36.1 Å². The standard InChI is InChI=1S/C28H29N9O/c1-38-26-6-3-18(11-30-26)14-36-21-9-22(36)16-35(15-21)25-5-4-19(12-29-25)23-10-20(34-7-2-8-34)17-37-27(23)24-13-31-32-28(24)33-37/h3-6,10-13,17,21-22H,2,7-9,14-16H2,1H3,(H,32,33). The molecule has 0 amide bonds. The van der Waals surface area contributed by atoms with Crippen molar-refractivity contribution < 1.29 is 4.74 Å². The topological polar surface area (TPSA) is 90.7 Å². The fraction of sp³-hybridized carbons (Fsp3) is 0.357. The first-order valence-corrected chi connectivity index (χ1v) is 13.3. The van der Waals surface area contributed by atoms with Gasteiger partial charge in [-0.2, -0.15) is 5.10 Å². The molecule has 0 saturated carbocycles. The Bertz CT molecular complexity index is 1610. The molecule has 4 fully saturated rings. The zero-order chi connectivity index (χ0) is 25.2. The van der Waals surface area contributed by atoms with E-state index in [1.54, 1.807) is 7.11 Å². The van der Waals surface area contributed by atoms with Gasteiger partial charge in [0.2, 0.25) is 5.88 Å². The number of aromatic amines is 1. The van der Waals surface area contributed by atoms with E-state index in [1.807, 2.05) is 29.2 Å². The van der Waals surface area contributed by atoms with E-state index in [9.17, 15) is 0 Å². The van der Waals surface area contributed by atoms with Crippen LogP contribution >= 0.6 is 0 Å². The summed E-state index contributed by atoms with van der Waals surface area (Å²) in [6, 6.07) is 11.8. The first-order valence-electron chi connectivity index (χ1n) is 13.3. The molecule has 0 radical (unpaired) electrons. The number of methoxy groups -OCH3 is 1. The van der Waals surface area contributed by atoms with Gasteiger partial charge < -0.3 is 14.5 Å². The van der Waals surface area contributed by atoms with Crippen LogP contribution in [-0.4, -0.2) is 80.1 Å². The number of aromatic nitrogens is 6. The first kappa shape index (κ1) is 21.9. The fourth-order valence-electron chi connectivity index (χ4n) is 6.22. The second kappa shape index (κ2) is 8.42. The Kier molecular flexibility index (Phi) is 4.84. The Morgan fingerprint density at radius 1 is 1.00 bits per heavy atom. The highest BCUT2D eigenvalue weighted by Crippen LogP contribution is 2.37. The number of ether oxygens (including phenoxy) is 1. The highest BCUT2D eigenvalue weighted by atomic mass is 16.5. The number of piperazine rings is 1. The smallest absolute Gasteiger partial charge is 0.212 e. The molecule has 2 atom stereocenters. The van der Waals surface area contributed by atoms with Gasteiger partial charge in [-0.05, 0) is 36.6 Å². The van der Waals surface area contributed by atoms with Crippen molar-refractivity contribution in [1.82, 2.24) is 34.7 Å². The molecule has 1 N–H and O–H groups in total. The van der Waals surface area contributed by atoms with Gasteiger partial charge in [-0.15, -0.1) is 5.10 Å². The van der Waals surface area contributed by atoms with Crippen LogP contribution in [0, 0.1) is 0 Å². The molecule has 4 aliphatic heterocycles. The van der Waals surface area contributed by atoms with E-state index < -0.39 is 0 Å². The van der Waals surface area contributed by atoms with E-state index in [2.05, 4.69) is 60.3 Å². The summed E-state index contributed by atoms with van der Waals surface area (Å²) in [4.78, 5) is 16.7. The number of hydrogen-bond acceptors (Lipinski definition) is 8. The summed E-state index contributed by atoms with van der Waals surface area (Å²) in [5.74, 6) is 1.71. The molecule has 0 spiro atoms. The molecule has 10 heteroatoms. The lowest BCUT2D eigenvalue weighted by atomic mass is 9.87. The van der Waals surface area contributed by atoms with Crippen LogP contribution < -0.4 is 14.5 Å². The first-order chi connectivity index (χ1) is 18.7. The van der Waals surface area contributed by atoms with Crippen LogP contribution in [0.5, 0.6) is 5.88 Å². The molecule has 4 saturated heterocycles. The highest BCUT2D eigenvalue weighted by molar-refractivity contribution is 6.01. The Labute approximate surface area is 219 Å². The molecule has 4 aliphatic rings. The number of rotatable bonds is 6.